The molecule has 0 radical (unpaired) electrons. The van der Waals surface area contributed by atoms with Crippen LogP contribution in [0.5, 0.6) is 0 Å². The first-order chi connectivity index (χ1) is 16.3. The Balaban J connectivity index is 1.41. The minimum Gasteiger partial charge on any atom is -0.456 e. The van der Waals surface area contributed by atoms with Gasteiger partial charge >= 0.3 is 10.3 Å². The number of anilines is 1. The molecule has 1 fully saturated rings. The van der Waals surface area contributed by atoms with Gasteiger partial charge in [0.05, 0.1) is 24.5 Å². The Kier molecular flexibility index (Phi) is 7.03. The molecule has 0 bridgehead atoms. The number of hydrogen-bond acceptors (Lipinski definition) is 10. The zero-order valence-electron chi connectivity index (χ0n) is 17.9. The zero-order valence-corrected chi connectivity index (χ0v) is 18.7. The van der Waals surface area contributed by atoms with Gasteiger partial charge in [0.2, 0.25) is 5.78 Å². The summed E-state index contributed by atoms with van der Waals surface area (Å²) in [5, 5.41) is 22.5. The predicted octanol–water partition coefficient (Wildman–Crippen LogP) is 0.320. The van der Waals surface area contributed by atoms with Crippen molar-refractivity contribution >= 4 is 21.9 Å². The molecule has 3 atom stereocenters. The van der Waals surface area contributed by atoms with E-state index in [0.29, 0.717) is 18.6 Å². The Hall–Kier alpha value is -3.57. The maximum absolute atomic E-state index is 13.1. The number of ketones is 1. The van der Waals surface area contributed by atoms with Crippen molar-refractivity contribution in [2.45, 2.75) is 31.5 Å². The summed E-state index contributed by atoms with van der Waals surface area (Å²) in [6, 6.07) is 4.80. The molecule has 4 N–H and O–H groups in total. The van der Waals surface area contributed by atoms with Crippen LogP contribution >= 0.6 is 0 Å². The van der Waals surface area contributed by atoms with Crippen molar-refractivity contribution in [2.24, 2.45) is 11.1 Å². The maximum Gasteiger partial charge on any atom is 0.333 e. The average Bonchev–Trinajstić information content (AvgIpc) is 3.54. The van der Waals surface area contributed by atoms with Gasteiger partial charge in [-0.15, -0.1) is 0 Å². The molecule has 3 aromatic heterocycles. The summed E-state index contributed by atoms with van der Waals surface area (Å²) in [6.07, 6.45) is 5.79. The summed E-state index contributed by atoms with van der Waals surface area (Å²) in [4.78, 5) is 21.2. The first-order valence-corrected chi connectivity index (χ1v) is 11.8. The third-order valence-electron chi connectivity index (χ3n) is 5.25. The van der Waals surface area contributed by atoms with Gasteiger partial charge in [-0.25, -0.2) is 15.1 Å². The topological polar surface area (TPSA) is 175 Å². The van der Waals surface area contributed by atoms with Crippen LogP contribution in [0.4, 0.5) is 5.82 Å². The number of nitrogens with two attached hydrogens (primary N) is 1. The number of aliphatic hydroxyl groups is 1. The Bertz CT molecular complexity index is 1310. The van der Waals surface area contributed by atoms with Crippen molar-refractivity contribution < 1.29 is 26.9 Å². The van der Waals surface area contributed by atoms with Crippen LogP contribution in [-0.2, 0) is 21.0 Å². The number of carbonyl (C=O) groups excluding carboxylic acids is 1. The molecule has 0 saturated heterocycles. The van der Waals surface area contributed by atoms with Gasteiger partial charge < -0.3 is 14.8 Å². The van der Waals surface area contributed by atoms with E-state index < -0.39 is 22.3 Å². The van der Waals surface area contributed by atoms with Crippen LogP contribution in [0.15, 0.2) is 47.6 Å². The third-order valence-corrected chi connectivity index (χ3v) is 5.71. The predicted molar refractivity (Wildman–Crippen MR) is 118 cm³/mol. The highest BCUT2D eigenvalue weighted by molar-refractivity contribution is 7.84. The van der Waals surface area contributed by atoms with Crippen molar-refractivity contribution in [1.29, 1.82) is 0 Å². The number of furan rings is 1. The van der Waals surface area contributed by atoms with E-state index in [4.69, 9.17) is 9.56 Å². The molecule has 0 aromatic carbocycles. The standard InChI is InChI=1S/C21H22N6O6S/c22-34(30,31)33-12-14-9-15(10-19(14)28)25-21-17(11-23-13-24-21)20(29)18-5-7-27(26-18)6-1-3-16-4-2-8-32-16/h2,4-5,7-8,11,13-15,19,28H,6,9-10,12H2,(H2,22,30,31)(H,23,24,25)/t14-,15-,19+/m1/s1. The number of aromatic nitrogens is 4. The highest BCUT2D eigenvalue weighted by atomic mass is 32.2. The van der Waals surface area contributed by atoms with E-state index in [1.165, 1.54) is 23.5 Å². The summed E-state index contributed by atoms with van der Waals surface area (Å²) in [5.74, 6) is 5.78. The molecule has 0 spiro atoms. The molecule has 1 saturated carbocycles. The molecule has 4 rings (SSSR count). The van der Waals surface area contributed by atoms with Gasteiger partial charge in [-0.05, 0) is 37.0 Å². The van der Waals surface area contributed by atoms with E-state index in [2.05, 4.69) is 36.4 Å². The van der Waals surface area contributed by atoms with Crippen LogP contribution in [0.1, 0.15) is 34.7 Å². The lowest BCUT2D eigenvalue weighted by molar-refractivity contribution is 0.101. The lowest BCUT2D eigenvalue weighted by Gasteiger charge is -2.15. The van der Waals surface area contributed by atoms with E-state index in [1.807, 2.05) is 0 Å². The molecule has 178 valence electrons. The van der Waals surface area contributed by atoms with Gasteiger partial charge in [0.1, 0.15) is 24.4 Å². The largest absolute Gasteiger partial charge is 0.456 e. The fourth-order valence-electron chi connectivity index (χ4n) is 3.65. The number of aliphatic hydroxyl groups excluding tert-OH is 1. The second-order valence-electron chi connectivity index (χ2n) is 7.71. The molecule has 0 unspecified atom stereocenters. The molecule has 0 amide bonds. The van der Waals surface area contributed by atoms with E-state index in [1.54, 1.807) is 24.4 Å². The summed E-state index contributed by atoms with van der Waals surface area (Å²) >= 11 is 0. The molecule has 1 aliphatic rings. The van der Waals surface area contributed by atoms with Gasteiger partial charge in [-0.3, -0.25) is 13.7 Å². The smallest absolute Gasteiger partial charge is 0.333 e. The molecular formula is C21H22N6O6S. The number of nitrogens with zero attached hydrogens (tertiary/aromatic N) is 4. The first kappa shape index (κ1) is 23.6. The lowest BCUT2D eigenvalue weighted by atomic mass is 10.1. The number of rotatable bonds is 8. The third kappa shape index (κ3) is 6.06. The van der Waals surface area contributed by atoms with Crippen LogP contribution < -0.4 is 10.5 Å². The highest BCUT2D eigenvalue weighted by Gasteiger charge is 2.34. The Labute approximate surface area is 195 Å². The average molecular weight is 487 g/mol. The lowest BCUT2D eigenvalue weighted by Crippen LogP contribution is -2.24. The fraction of sp³-hybridized carbons (Fsp3) is 0.333. The molecule has 13 heteroatoms. The van der Waals surface area contributed by atoms with Crippen LogP contribution in [0.25, 0.3) is 0 Å². The first-order valence-electron chi connectivity index (χ1n) is 10.3. The van der Waals surface area contributed by atoms with Crippen molar-refractivity contribution in [1.82, 2.24) is 19.7 Å². The van der Waals surface area contributed by atoms with Crippen molar-refractivity contribution in [2.75, 3.05) is 11.9 Å². The van der Waals surface area contributed by atoms with Crippen molar-refractivity contribution in [3.63, 3.8) is 0 Å². The molecule has 0 aliphatic heterocycles. The van der Waals surface area contributed by atoms with Crippen LogP contribution in [-0.4, -0.2) is 57.8 Å². The van der Waals surface area contributed by atoms with Crippen molar-refractivity contribution in [3.8, 4) is 11.8 Å². The molecule has 12 nitrogen and oxygen atoms in total. The van der Waals surface area contributed by atoms with Crippen LogP contribution in [0.2, 0.25) is 0 Å². The van der Waals surface area contributed by atoms with Crippen LogP contribution in [0, 0.1) is 17.8 Å². The Morgan fingerprint density at radius 1 is 1.38 bits per heavy atom. The molecule has 34 heavy (non-hydrogen) atoms. The van der Waals surface area contributed by atoms with E-state index in [0.717, 1.165) is 0 Å². The molecular weight excluding hydrogens is 464 g/mol. The molecule has 3 aromatic rings. The SMILES string of the molecule is NS(=O)(=O)OC[C@H]1C[C@@H](Nc2ncncc2C(=O)c2ccn(CC#Cc3ccco3)n2)C[C@@H]1O. The second-order valence-corrected chi connectivity index (χ2v) is 8.93. The fourth-order valence-corrected chi connectivity index (χ4v) is 4.02. The van der Waals surface area contributed by atoms with Gasteiger partial charge in [0.25, 0.3) is 0 Å². The monoisotopic (exact) mass is 486 g/mol. The molecule has 3 heterocycles. The number of carbonyl (C=O) groups is 1. The van der Waals surface area contributed by atoms with Crippen LogP contribution in [0.3, 0.4) is 0 Å². The van der Waals surface area contributed by atoms with E-state index in [-0.39, 0.29) is 42.1 Å². The number of hydrogen-bond donors (Lipinski definition) is 3. The van der Waals surface area contributed by atoms with E-state index >= 15 is 0 Å². The van der Waals surface area contributed by atoms with Gasteiger partial charge in [-0.1, -0.05) is 5.92 Å². The molecule has 1 aliphatic carbocycles. The summed E-state index contributed by atoms with van der Waals surface area (Å²) in [7, 11) is -4.09. The van der Waals surface area contributed by atoms with Gasteiger partial charge in [0.15, 0.2) is 5.76 Å². The minimum atomic E-state index is -4.09. The Morgan fingerprint density at radius 2 is 2.24 bits per heavy atom. The van der Waals surface area contributed by atoms with Gasteiger partial charge in [-0.2, -0.15) is 13.5 Å². The van der Waals surface area contributed by atoms with E-state index in [9.17, 15) is 18.3 Å². The number of nitrogens with one attached hydrogen (secondary N) is 1. The second kappa shape index (κ2) is 10.1. The quantitative estimate of drug-likeness (QED) is 0.297. The normalized spacial score (nSPS) is 20.0. The maximum atomic E-state index is 13.1. The van der Waals surface area contributed by atoms with Crippen molar-refractivity contribution in [3.05, 3.63) is 60.2 Å². The highest BCUT2D eigenvalue weighted by Crippen LogP contribution is 2.29. The summed E-state index contributed by atoms with van der Waals surface area (Å²) in [6.45, 7) is 0.0420. The van der Waals surface area contributed by atoms with Gasteiger partial charge in [0, 0.05) is 24.4 Å². The Morgan fingerprint density at radius 3 is 3.00 bits per heavy atom. The summed E-state index contributed by atoms with van der Waals surface area (Å²) in [5.41, 5.74) is 0.414. The summed E-state index contributed by atoms with van der Waals surface area (Å²) < 4.78 is 33.3. The minimum absolute atomic E-state index is 0.198. The zero-order chi connectivity index (χ0) is 24.1.